The lowest BCUT2D eigenvalue weighted by molar-refractivity contribution is 0.831. The molecule has 0 aromatic heterocycles. The molecule has 0 N–H and O–H groups in total. The monoisotopic (exact) mass is 215 g/mol. The lowest BCUT2D eigenvalue weighted by Crippen LogP contribution is -1.90. The van der Waals surface area contributed by atoms with Gasteiger partial charge in [-0.05, 0) is 42.5 Å². The fraction of sp³-hybridized carbons (Fsp3) is 0.364. The highest BCUT2D eigenvalue weighted by Crippen LogP contribution is 2.21. The quantitative estimate of drug-likeness (QED) is 0.695. The first-order valence-corrected chi connectivity index (χ1v) is 5.07. The standard InChI is InChI=1S/C11H13Cl2/c1-8(2)3-4-9-5-10(12)7-11(13)6-9/h5-7H,3-4H2,1-2H3. The first kappa shape index (κ1) is 10.9. The molecule has 0 heterocycles. The molecule has 71 valence electrons. The summed E-state index contributed by atoms with van der Waals surface area (Å²) in [5, 5.41) is 1.44. The summed E-state index contributed by atoms with van der Waals surface area (Å²) in [7, 11) is 0. The van der Waals surface area contributed by atoms with Crippen LogP contribution >= 0.6 is 23.2 Å². The van der Waals surface area contributed by atoms with Crippen molar-refractivity contribution < 1.29 is 0 Å². The number of halogens is 2. The van der Waals surface area contributed by atoms with Crippen LogP contribution in [0.4, 0.5) is 0 Å². The van der Waals surface area contributed by atoms with Crippen molar-refractivity contribution in [2.45, 2.75) is 26.7 Å². The van der Waals surface area contributed by atoms with Gasteiger partial charge in [0.1, 0.15) is 0 Å². The van der Waals surface area contributed by atoms with Crippen LogP contribution in [0.5, 0.6) is 0 Å². The third kappa shape index (κ3) is 4.02. The smallest absolute Gasteiger partial charge is 0.0423 e. The van der Waals surface area contributed by atoms with Crippen molar-refractivity contribution in [3.8, 4) is 0 Å². The lowest BCUT2D eigenvalue weighted by Gasteiger charge is -2.05. The van der Waals surface area contributed by atoms with Crippen LogP contribution in [0, 0.1) is 5.92 Å². The van der Waals surface area contributed by atoms with Gasteiger partial charge >= 0.3 is 0 Å². The Kier molecular flexibility index (Phi) is 4.08. The number of aryl methyl sites for hydroxylation is 1. The van der Waals surface area contributed by atoms with Gasteiger partial charge in [-0.3, -0.25) is 0 Å². The van der Waals surface area contributed by atoms with E-state index < -0.39 is 0 Å². The van der Waals surface area contributed by atoms with E-state index in [0.717, 1.165) is 22.9 Å². The highest BCUT2D eigenvalue weighted by molar-refractivity contribution is 6.34. The second kappa shape index (κ2) is 4.88. The summed E-state index contributed by atoms with van der Waals surface area (Å²) in [6, 6.07) is 5.70. The number of hydrogen-bond donors (Lipinski definition) is 0. The Morgan fingerprint density at radius 2 is 1.62 bits per heavy atom. The molecule has 0 atom stereocenters. The van der Waals surface area contributed by atoms with Gasteiger partial charge in [0.2, 0.25) is 0 Å². The molecular weight excluding hydrogens is 203 g/mol. The largest absolute Gasteiger partial charge is 0.0843 e. The SMILES string of the molecule is C[C](C)CCc1cc(Cl)cc(Cl)c1. The molecule has 2 heteroatoms. The molecular formula is C11H13Cl2. The van der Waals surface area contributed by atoms with Crippen molar-refractivity contribution in [3.63, 3.8) is 0 Å². The van der Waals surface area contributed by atoms with Crippen LogP contribution in [-0.2, 0) is 6.42 Å². The average Bonchev–Trinajstić information content (AvgIpc) is 1.99. The van der Waals surface area contributed by atoms with Crippen molar-refractivity contribution in [1.82, 2.24) is 0 Å². The van der Waals surface area contributed by atoms with Gasteiger partial charge in [-0.1, -0.05) is 37.0 Å². The molecule has 0 spiro atoms. The van der Waals surface area contributed by atoms with Crippen molar-refractivity contribution in [2.24, 2.45) is 0 Å². The summed E-state index contributed by atoms with van der Waals surface area (Å²) in [6.07, 6.45) is 2.11. The lowest BCUT2D eigenvalue weighted by atomic mass is 10.0. The van der Waals surface area contributed by atoms with Crippen molar-refractivity contribution in [3.05, 3.63) is 39.7 Å². The second-order valence-electron chi connectivity index (χ2n) is 3.48. The van der Waals surface area contributed by atoms with Gasteiger partial charge in [-0.2, -0.15) is 0 Å². The molecule has 0 amide bonds. The number of hydrogen-bond acceptors (Lipinski definition) is 0. The minimum absolute atomic E-state index is 0.719. The zero-order valence-corrected chi connectivity index (χ0v) is 9.41. The predicted octanol–water partition coefficient (Wildman–Crippen LogP) is 4.54. The van der Waals surface area contributed by atoms with E-state index in [1.807, 2.05) is 12.1 Å². The predicted molar refractivity (Wildman–Crippen MR) is 59.4 cm³/mol. The zero-order chi connectivity index (χ0) is 9.84. The maximum Gasteiger partial charge on any atom is 0.0423 e. The maximum atomic E-state index is 5.87. The van der Waals surface area contributed by atoms with Crippen LogP contribution in [0.2, 0.25) is 10.0 Å². The Bertz CT molecular complexity index is 259. The molecule has 1 aromatic carbocycles. The van der Waals surface area contributed by atoms with Gasteiger partial charge in [0, 0.05) is 10.0 Å². The molecule has 0 bridgehead atoms. The summed E-state index contributed by atoms with van der Waals surface area (Å²) in [4.78, 5) is 0. The normalized spacial score (nSPS) is 10.8. The Morgan fingerprint density at radius 3 is 2.08 bits per heavy atom. The zero-order valence-electron chi connectivity index (χ0n) is 7.90. The molecule has 0 nitrogen and oxygen atoms in total. The molecule has 0 fully saturated rings. The molecule has 0 aliphatic carbocycles. The van der Waals surface area contributed by atoms with E-state index in [1.54, 1.807) is 6.07 Å². The minimum Gasteiger partial charge on any atom is -0.0843 e. The Hall–Kier alpha value is -0.200. The molecule has 1 aromatic rings. The van der Waals surface area contributed by atoms with Crippen LogP contribution in [0.15, 0.2) is 18.2 Å². The van der Waals surface area contributed by atoms with Gasteiger partial charge in [-0.25, -0.2) is 0 Å². The Labute approximate surface area is 89.9 Å². The van der Waals surface area contributed by atoms with Crippen LogP contribution < -0.4 is 0 Å². The van der Waals surface area contributed by atoms with E-state index in [2.05, 4.69) is 13.8 Å². The Morgan fingerprint density at radius 1 is 1.08 bits per heavy atom. The summed E-state index contributed by atoms with van der Waals surface area (Å²) in [6.45, 7) is 4.26. The van der Waals surface area contributed by atoms with Crippen molar-refractivity contribution in [2.75, 3.05) is 0 Å². The fourth-order valence-electron chi connectivity index (χ4n) is 1.15. The first-order chi connectivity index (χ1) is 6.08. The fourth-order valence-corrected chi connectivity index (χ4v) is 1.72. The van der Waals surface area contributed by atoms with Crippen LogP contribution in [0.25, 0.3) is 0 Å². The van der Waals surface area contributed by atoms with E-state index in [1.165, 1.54) is 11.5 Å². The molecule has 0 aliphatic heterocycles. The molecule has 0 saturated carbocycles. The summed E-state index contributed by atoms with van der Waals surface area (Å²) in [5.74, 6) is 1.43. The van der Waals surface area contributed by atoms with Crippen molar-refractivity contribution in [1.29, 1.82) is 0 Å². The Balaban J connectivity index is 2.66. The molecule has 0 saturated heterocycles. The highest BCUT2D eigenvalue weighted by Gasteiger charge is 2.00. The van der Waals surface area contributed by atoms with E-state index in [-0.39, 0.29) is 0 Å². The molecule has 0 unspecified atom stereocenters. The first-order valence-electron chi connectivity index (χ1n) is 4.32. The number of rotatable bonds is 3. The van der Waals surface area contributed by atoms with Crippen LogP contribution in [0.3, 0.4) is 0 Å². The summed E-state index contributed by atoms with van der Waals surface area (Å²) >= 11 is 11.7. The van der Waals surface area contributed by atoms with Crippen LogP contribution in [0.1, 0.15) is 25.8 Å². The van der Waals surface area contributed by atoms with Crippen molar-refractivity contribution >= 4 is 23.2 Å². The van der Waals surface area contributed by atoms with Gasteiger partial charge in [0.05, 0.1) is 0 Å². The third-order valence-electron chi connectivity index (χ3n) is 1.84. The van der Waals surface area contributed by atoms with Crippen LogP contribution in [-0.4, -0.2) is 0 Å². The maximum absolute atomic E-state index is 5.87. The minimum atomic E-state index is 0.719. The van der Waals surface area contributed by atoms with E-state index in [9.17, 15) is 0 Å². The highest BCUT2D eigenvalue weighted by atomic mass is 35.5. The van der Waals surface area contributed by atoms with E-state index >= 15 is 0 Å². The number of benzene rings is 1. The molecule has 1 rings (SSSR count). The van der Waals surface area contributed by atoms with Gasteiger partial charge in [0.25, 0.3) is 0 Å². The summed E-state index contributed by atoms with van der Waals surface area (Å²) in [5.41, 5.74) is 1.21. The average molecular weight is 216 g/mol. The molecule has 0 aliphatic rings. The molecule has 1 radical (unpaired) electrons. The van der Waals surface area contributed by atoms with Gasteiger partial charge in [0.15, 0.2) is 0 Å². The topological polar surface area (TPSA) is 0 Å². The van der Waals surface area contributed by atoms with Gasteiger partial charge < -0.3 is 0 Å². The molecule has 13 heavy (non-hydrogen) atoms. The van der Waals surface area contributed by atoms with E-state index in [0.29, 0.717) is 0 Å². The van der Waals surface area contributed by atoms with E-state index in [4.69, 9.17) is 23.2 Å². The third-order valence-corrected chi connectivity index (χ3v) is 2.27. The van der Waals surface area contributed by atoms with Gasteiger partial charge in [-0.15, -0.1) is 0 Å². The second-order valence-corrected chi connectivity index (χ2v) is 4.36. The summed E-state index contributed by atoms with van der Waals surface area (Å²) < 4.78 is 0.